The standard InChI is InChI=1S/C13H16N2O7/c1-7(16)20-6-10-9(21-8(2)17)5-12(22-10)15-4-3-11(18)14-13(15)19/h3-4,9-10,12H,5-6H2,1-2H3,(H,14,18,19)/t9-,10-,12+/m0/s1. The molecule has 22 heavy (non-hydrogen) atoms. The molecule has 120 valence electrons. The van der Waals surface area contributed by atoms with E-state index >= 15 is 0 Å². The number of ether oxygens (including phenoxy) is 3. The quantitative estimate of drug-likeness (QED) is 0.732. The zero-order chi connectivity index (χ0) is 16.3. The van der Waals surface area contributed by atoms with Crippen molar-refractivity contribution in [2.45, 2.75) is 38.7 Å². The van der Waals surface area contributed by atoms with Crippen LogP contribution >= 0.6 is 0 Å². The molecule has 0 bridgehead atoms. The Morgan fingerprint density at radius 3 is 2.68 bits per heavy atom. The first-order chi connectivity index (χ1) is 10.4. The van der Waals surface area contributed by atoms with Crippen molar-refractivity contribution in [3.05, 3.63) is 33.1 Å². The van der Waals surface area contributed by atoms with Gasteiger partial charge in [0.25, 0.3) is 5.56 Å². The van der Waals surface area contributed by atoms with Crippen molar-refractivity contribution in [1.29, 1.82) is 0 Å². The van der Waals surface area contributed by atoms with Gasteiger partial charge in [0.1, 0.15) is 25.0 Å². The van der Waals surface area contributed by atoms with Gasteiger partial charge in [-0.3, -0.25) is 23.9 Å². The number of H-pyrrole nitrogens is 1. The number of carbonyl (C=O) groups excluding carboxylic acids is 2. The molecular formula is C13H16N2O7. The second-order valence-electron chi connectivity index (χ2n) is 4.83. The molecule has 9 heteroatoms. The number of aromatic nitrogens is 2. The van der Waals surface area contributed by atoms with Crippen LogP contribution in [0.2, 0.25) is 0 Å². The number of nitrogens with one attached hydrogen (secondary N) is 1. The Morgan fingerprint density at radius 2 is 2.09 bits per heavy atom. The molecule has 1 fully saturated rings. The topological polar surface area (TPSA) is 117 Å². The predicted molar refractivity (Wildman–Crippen MR) is 72.0 cm³/mol. The molecule has 2 rings (SSSR count). The van der Waals surface area contributed by atoms with E-state index in [9.17, 15) is 19.2 Å². The summed E-state index contributed by atoms with van der Waals surface area (Å²) in [4.78, 5) is 47.0. The van der Waals surface area contributed by atoms with Crippen molar-refractivity contribution in [3.63, 3.8) is 0 Å². The number of carbonyl (C=O) groups is 2. The molecule has 1 aliphatic rings. The average Bonchev–Trinajstić information content (AvgIpc) is 2.78. The molecule has 0 radical (unpaired) electrons. The van der Waals surface area contributed by atoms with Gasteiger partial charge in [0.05, 0.1) is 0 Å². The lowest BCUT2D eigenvalue weighted by Crippen LogP contribution is -2.32. The molecule has 0 saturated carbocycles. The van der Waals surface area contributed by atoms with Gasteiger partial charge in [-0.05, 0) is 0 Å². The normalized spacial score (nSPS) is 24.0. The molecule has 0 aromatic carbocycles. The molecule has 1 aromatic rings. The van der Waals surface area contributed by atoms with E-state index in [1.165, 1.54) is 30.7 Å². The maximum absolute atomic E-state index is 11.8. The molecule has 2 heterocycles. The smallest absolute Gasteiger partial charge is 0.330 e. The summed E-state index contributed by atoms with van der Waals surface area (Å²) in [7, 11) is 0. The van der Waals surface area contributed by atoms with Crippen LogP contribution in [0, 0.1) is 0 Å². The highest BCUT2D eigenvalue weighted by molar-refractivity contribution is 5.66. The number of esters is 2. The number of hydrogen-bond acceptors (Lipinski definition) is 7. The van der Waals surface area contributed by atoms with Crippen molar-refractivity contribution < 1.29 is 23.8 Å². The van der Waals surface area contributed by atoms with Gasteiger partial charge in [-0.1, -0.05) is 0 Å². The molecule has 3 atom stereocenters. The highest BCUT2D eigenvalue weighted by Gasteiger charge is 2.39. The average molecular weight is 312 g/mol. The third kappa shape index (κ3) is 3.82. The first-order valence-corrected chi connectivity index (χ1v) is 6.64. The lowest BCUT2D eigenvalue weighted by atomic mass is 10.2. The number of nitrogens with zero attached hydrogens (tertiary/aromatic N) is 1. The van der Waals surface area contributed by atoms with Crippen molar-refractivity contribution in [2.24, 2.45) is 0 Å². The molecule has 1 aliphatic heterocycles. The summed E-state index contributed by atoms with van der Waals surface area (Å²) in [5.74, 6) is -0.995. The largest absolute Gasteiger partial charge is 0.463 e. The monoisotopic (exact) mass is 312 g/mol. The second kappa shape index (κ2) is 6.56. The van der Waals surface area contributed by atoms with E-state index in [1.807, 2.05) is 0 Å². The van der Waals surface area contributed by atoms with Crippen LogP contribution in [0.5, 0.6) is 0 Å². The third-order valence-electron chi connectivity index (χ3n) is 3.11. The summed E-state index contributed by atoms with van der Waals surface area (Å²) in [5, 5.41) is 0. The van der Waals surface area contributed by atoms with E-state index in [4.69, 9.17) is 14.2 Å². The summed E-state index contributed by atoms with van der Waals surface area (Å²) < 4.78 is 16.8. The second-order valence-corrected chi connectivity index (χ2v) is 4.83. The van der Waals surface area contributed by atoms with Crippen molar-refractivity contribution in [1.82, 2.24) is 9.55 Å². The maximum Gasteiger partial charge on any atom is 0.330 e. The molecule has 0 spiro atoms. The van der Waals surface area contributed by atoms with E-state index < -0.39 is 41.6 Å². The van der Waals surface area contributed by atoms with Crippen molar-refractivity contribution in [3.8, 4) is 0 Å². The summed E-state index contributed by atoms with van der Waals surface area (Å²) >= 11 is 0. The number of aromatic amines is 1. The van der Waals surface area contributed by atoms with E-state index in [2.05, 4.69) is 4.98 Å². The zero-order valence-electron chi connectivity index (χ0n) is 12.1. The lowest BCUT2D eigenvalue weighted by Gasteiger charge is -2.17. The van der Waals surface area contributed by atoms with Gasteiger partial charge in [0.2, 0.25) is 0 Å². The molecule has 1 N–H and O–H groups in total. The van der Waals surface area contributed by atoms with Crippen LogP contribution in [0.3, 0.4) is 0 Å². The zero-order valence-corrected chi connectivity index (χ0v) is 12.1. The minimum Gasteiger partial charge on any atom is -0.463 e. The molecule has 0 unspecified atom stereocenters. The molecule has 0 aliphatic carbocycles. The molecule has 0 amide bonds. The number of rotatable bonds is 4. The summed E-state index contributed by atoms with van der Waals surface area (Å²) in [6, 6.07) is 1.19. The Kier molecular flexibility index (Phi) is 4.76. The summed E-state index contributed by atoms with van der Waals surface area (Å²) in [6.45, 7) is 2.41. The van der Waals surface area contributed by atoms with Gasteiger partial charge in [-0.2, -0.15) is 0 Å². The van der Waals surface area contributed by atoms with Crippen LogP contribution in [0.1, 0.15) is 26.5 Å². The summed E-state index contributed by atoms with van der Waals surface area (Å²) in [6.07, 6.45) is -0.561. The van der Waals surface area contributed by atoms with Crippen LogP contribution < -0.4 is 11.2 Å². The third-order valence-corrected chi connectivity index (χ3v) is 3.11. The highest BCUT2D eigenvalue weighted by Crippen LogP contribution is 2.30. The van der Waals surface area contributed by atoms with Crippen LogP contribution in [0.4, 0.5) is 0 Å². The maximum atomic E-state index is 11.8. The molecule has 9 nitrogen and oxygen atoms in total. The van der Waals surface area contributed by atoms with Crippen LogP contribution in [-0.2, 0) is 23.8 Å². The van der Waals surface area contributed by atoms with Crippen LogP contribution in [0.25, 0.3) is 0 Å². The van der Waals surface area contributed by atoms with Crippen LogP contribution in [-0.4, -0.2) is 40.3 Å². The Bertz CT molecular complexity index is 677. The lowest BCUT2D eigenvalue weighted by molar-refractivity contribution is -0.155. The van der Waals surface area contributed by atoms with Gasteiger partial charge in [0, 0.05) is 32.5 Å². The van der Waals surface area contributed by atoms with E-state index in [0.717, 1.165) is 0 Å². The van der Waals surface area contributed by atoms with Gasteiger partial charge in [-0.15, -0.1) is 0 Å². The van der Waals surface area contributed by atoms with Crippen molar-refractivity contribution in [2.75, 3.05) is 6.61 Å². The van der Waals surface area contributed by atoms with Gasteiger partial charge in [0.15, 0.2) is 0 Å². The first kappa shape index (κ1) is 16.0. The van der Waals surface area contributed by atoms with E-state index in [-0.39, 0.29) is 13.0 Å². The van der Waals surface area contributed by atoms with E-state index in [1.54, 1.807) is 0 Å². The Labute approximate surface area is 124 Å². The fourth-order valence-electron chi connectivity index (χ4n) is 2.21. The number of hydrogen-bond donors (Lipinski definition) is 1. The first-order valence-electron chi connectivity index (χ1n) is 6.64. The van der Waals surface area contributed by atoms with Gasteiger partial charge in [-0.25, -0.2) is 4.79 Å². The SMILES string of the molecule is CC(=O)OC[C@@H]1O[C@@H](n2ccc(=O)[nH]c2=O)C[C@@H]1OC(C)=O. The van der Waals surface area contributed by atoms with Crippen LogP contribution in [0.15, 0.2) is 21.9 Å². The predicted octanol–water partition coefficient (Wildman–Crippen LogP) is -0.681. The minimum atomic E-state index is -0.728. The fourth-order valence-corrected chi connectivity index (χ4v) is 2.21. The molecular weight excluding hydrogens is 296 g/mol. The van der Waals surface area contributed by atoms with E-state index in [0.29, 0.717) is 0 Å². The fraction of sp³-hybridized carbons (Fsp3) is 0.538. The molecule has 1 saturated heterocycles. The Balaban J connectivity index is 2.17. The minimum absolute atomic E-state index is 0.0954. The van der Waals surface area contributed by atoms with Crippen molar-refractivity contribution >= 4 is 11.9 Å². The Hall–Kier alpha value is -2.42. The molecule has 1 aromatic heterocycles. The summed E-state index contributed by atoms with van der Waals surface area (Å²) in [5.41, 5.74) is -1.15. The van der Waals surface area contributed by atoms with Gasteiger partial charge < -0.3 is 14.2 Å². The Morgan fingerprint density at radius 1 is 1.36 bits per heavy atom. The highest BCUT2D eigenvalue weighted by atomic mass is 16.6. The van der Waals surface area contributed by atoms with Gasteiger partial charge >= 0.3 is 17.6 Å².